The van der Waals surface area contributed by atoms with Gasteiger partial charge < -0.3 is 15.6 Å². The molecule has 0 bridgehead atoms. The summed E-state index contributed by atoms with van der Waals surface area (Å²) in [6, 6.07) is 3.62. The van der Waals surface area contributed by atoms with E-state index in [1.807, 2.05) is 35.2 Å². The van der Waals surface area contributed by atoms with Crippen LogP contribution in [0.1, 0.15) is 6.92 Å². The van der Waals surface area contributed by atoms with Gasteiger partial charge >= 0.3 is 0 Å². The van der Waals surface area contributed by atoms with Crippen LogP contribution in [0.5, 0.6) is 0 Å². The van der Waals surface area contributed by atoms with Crippen LogP contribution in [0, 0.1) is 0 Å². The Morgan fingerprint density at radius 2 is 2.50 bits per heavy atom. The van der Waals surface area contributed by atoms with Gasteiger partial charge in [-0.1, -0.05) is 13.0 Å². The number of primary amides is 1. The number of likely N-dealkylation sites (N-methyl/N-ethyl adjacent to an activating group) is 1. The molecule has 0 aliphatic carbocycles. The van der Waals surface area contributed by atoms with Crippen molar-refractivity contribution >= 4 is 17.2 Å². The number of nitrogens with one attached hydrogen (secondary N) is 1. The van der Waals surface area contributed by atoms with E-state index in [-0.39, 0.29) is 11.9 Å². The molecule has 0 aliphatic heterocycles. The first-order valence-electron chi connectivity index (χ1n) is 5.80. The third kappa shape index (κ3) is 2.77. The Balaban J connectivity index is 2.19. The van der Waals surface area contributed by atoms with Crippen LogP contribution in [0.25, 0.3) is 10.7 Å². The van der Waals surface area contributed by atoms with Crippen LogP contribution in [-0.4, -0.2) is 28.0 Å². The highest BCUT2D eigenvalue weighted by molar-refractivity contribution is 7.13. The van der Waals surface area contributed by atoms with E-state index >= 15 is 0 Å². The molecule has 0 saturated heterocycles. The summed E-state index contributed by atoms with van der Waals surface area (Å²) < 4.78 is 1.95. The summed E-state index contributed by atoms with van der Waals surface area (Å²) in [6.45, 7) is 3.15. The number of nitrogens with two attached hydrogens (primary N) is 1. The van der Waals surface area contributed by atoms with Crippen LogP contribution >= 0.6 is 11.3 Å². The zero-order valence-electron chi connectivity index (χ0n) is 10.2. The molecule has 2 heterocycles. The minimum Gasteiger partial charge on any atom is -0.368 e. The van der Waals surface area contributed by atoms with E-state index in [1.165, 1.54) is 0 Å². The zero-order chi connectivity index (χ0) is 13.0. The Hall–Kier alpha value is -1.66. The van der Waals surface area contributed by atoms with Crippen LogP contribution in [-0.2, 0) is 11.3 Å². The van der Waals surface area contributed by atoms with Gasteiger partial charge in [-0.2, -0.15) is 0 Å². The minimum absolute atomic E-state index is 0.345. The van der Waals surface area contributed by atoms with E-state index in [4.69, 9.17) is 5.73 Å². The zero-order valence-corrected chi connectivity index (χ0v) is 11.0. The molecule has 2 rings (SSSR count). The topological polar surface area (TPSA) is 72.9 Å². The molecular weight excluding hydrogens is 248 g/mol. The molecule has 0 radical (unpaired) electrons. The summed E-state index contributed by atoms with van der Waals surface area (Å²) in [6.07, 6.45) is 3.60. The number of nitrogens with zero attached hydrogens (tertiary/aromatic N) is 2. The molecule has 18 heavy (non-hydrogen) atoms. The fraction of sp³-hybridized carbons (Fsp3) is 0.333. The van der Waals surface area contributed by atoms with E-state index in [0.717, 1.165) is 10.7 Å². The molecular formula is C12H16N4OS. The molecule has 5 nitrogen and oxygen atoms in total. The summed E-state index contributed by atoms with van der Waals surface area (Å²) in [7, 11) is 0. The molecule has 3 N–H and O–H groups in total. The Kier molecular flexibility index (Phi) is 4.11. The van der Waals surface area contributed by atoms with Crippen molar-refractivity contribution in [2.45, 2.75) is 19.5 Å². The van der Waals surface area contributed by atoms with E-state index in [9.17, 15) is 4.79 Å². The van der Waals surface area contributed by atoms with E-state index in [0.29, 0.717) is 13.1 Å². The Labute approximate surface area is 110 Å². The van der Waals surface area contributed by atoms with Crippen LogP contribution in [0.15, 0.2) is 29.9 Å². The third-order valence-corrected chi connectivity index (χ3v) is 3.50. The monoisotopic (exact) mass is 264 g/mol. The lowest BCUT2D eigenvalue weighted by Gasteiger charge is -2.16. The molecule has 1 unspecified atom stereocenters. The predicted molar refractivity (Wildman–Crippen MR) is 72.2 cm³/mol. The van der Waals surface area contributed by atoms with Crippen molar-refractivity contribution in [2.24, 2.45) is 5.73 Å². The van der Waals surface area contributed by atoms with Gasteiger partial charge in [0.25, 0.3) is 0 Å². The fourth-order valence-corrected chi connectivity index (χ4v) is 2.52. The Morgan fingerprint density at radius 3 is 3.11 bits per heavy atom. The lowest BCUT2D eigenvalue weighted by Crippen LogP contribution is -2.44. The van der Waals surface area contributed by atoms with Crippen LogP contribution < -0.4 is 11.1 Å². The number of aromatic nitrogens is 2. The standard InChI is InChI=1S/C12H16N4OS/c1-2-14-9(11(13)17)8-16-6-5-15-12(16)10-4-3-7-18-10/h3-7,9,14H,2,8H2,1H3,(H2,13,17). The second-order valence-electron chi connectivity index (χ2n) is 3.89. The first-order chi connectivity index (χ1) is 8.72. The van der Waals surface area contributed by atoms with Crippen LogP contribution in [0.4, 0.5) is 0 Å². The molecule has 0 spiro atoms. The van der Waals surface area contributed by atoms with Crippen LogP contribution in [0.3, 0.4) is 0 Å². The van der Waals surface area contributed by atoms with Crippen molar-refractivity contribution < 1.29 is 4.79 Å². The first-order valence-corrected chi connectivity index (χ1v) is 6.68. The summed E-state index contributed by atoms with van der Waals surface area (Å²) in [5.74, 6) is 0.525. The molecule has 1 atom stereocenters. The van der Waals surface area contributed by atoms with Gasteiger partial charge in [0, 0.05) is 18.9 Å². The number of hydrogen-bond acceptors (Lipinski definition) is 4. The number of imidazole rings is 1. The molecule has 96 valence electrons. The van der Waals surface area contributed by atoms with Crippen molar-refractivity contribution in [3.05, 3.63) is 29.9 Å². The van der Waals surface area contributed by atoms with Crippen molar-refractivity contribution in [1.29, 1.82) is 0 Å². The number of rotatable bonds is 6. The number of amides is 1. The van der Waals surface area contributed by atoms with Gasteiger partial charge in [0.15, 0.2) is 0 Å². The van der Waals surface area contributed by atoms with Gasteiger partial charge in [-0.3, -0.25) is 4.79 Å². The quantitative estimate of drug-likeness (QED) is 0.820. The van der Waals surface area contributed by atoms with Gasteiger partial charge in [-0.15, -0.1) is 11.3 Å². The summed E-state index contributed by atoms with van der Waals surface area (Å²) >= 11 is 1.62. The van der Waals surface area contributed by atoms with Crippen LogP contribution in [0.2, 0.25) is 0 Å². The van der Waals surface area contributed by atoms with E-state index in [2.05, 4.69) is 10.3 Å². The highest BCUT2D eigenvalue weighted by Crippen LogP contribution is 2.22. The van der Waals surface area contributed by atoms with Gasteiger partial charge in [0.05, 0.1) is 4.88 Å². The summed E-state index contributed by atoms with van der Waals surface area (Å²) in [5.41, 5.74) is 5.38. The average Bonchev–Trinajstić information content (AvgIpc) is 2.97. The summed E-state index contributed by atoms with van der Waals surface area (Å²) in [4.78, 5) is 16.7. The fourth-order valence-electron chi connectivity index (χ4n) is 1.79. The third-order valence-electron chi connectivity index (χ3n) is 2.63. The highest BCUT2D eigenvalue weighted by Gasteiger charge is 2.16. The highest BCUT2D eigenvalue weighted by atomic mass is 32.1. The molecule has 0 fully saturated rings. The average molecular weight is 264 g/mol. The van der Waals surface area contributed by atoms with Gasteiger partial charge in [-0.05, 0) is 18.0 Å². The molecule has 0 aromatic carbocycles. The van der Waals surface area contributed by atoms with Gasteiger partial charge in [-0.25, -0.2) is 4.98 Å². The Bertz CT molecular complexity index is 506. The molecule has 0 aliphatic rings. The minimum atomic E-state index is -0.372. The molecule has 2 aromatic rings. The predicted octanol–water partition coefficient (Wildman–Crippen LogP) is 1.07. The molecule has 1 amide bonds. The number of carbonyl (C=O) groups excluding carboxylic acids is 1. The maximum absolute atomic E-state index is 11.3. The largest absolute Gasteiger partial charge is 0.368 e. The van der Waals surface area contributed by atoms with Gasteiger partial charge in [0.1, 0.15) is 11.9 Å². The SMILES string of the molecule is CCNC(Cn1ccnc1-c1cccs1)C(N)=O. The first kappa shape index (κ1) is 12.8. The van der Waals surface area contributed by atoms with E-state index in [1.54, 1.807) is 17.5 Å². The van der Waals surface area contributed by atoms with Crippen molar-refractivity contribution in [1.82, 2.24) is 14.9 Å². The molecule has 2 aromatic heterocycles. The normalized spacial score (nSPS) is 12.5. The Morgan fingerprint density at radius 1 is 1.67 bits per heavy atom. The summed E-state index contributed by atoms with van der Waals surface area (Å²) in [5, 5.41) is 5.08. The number of thiophene rings is 1. The number of carbonyl (C=O) groups is 1. The van der Waals surface area contributed by atoms with E-state index < -0.39 is 0 Å². The smallest absolute Gasteiger partial charge is 0.236 e. The number of hydrogen-bond donors (Lipinski definition) is 2. The van der Waals surface area contributed by atoms with Gasteiger partial charge in [0.2, 0.25) is 5.91 Å². The van der Waals surface area contributed by atoms with Crippen molar-refractivity contribution in [3.8, 4) is 10.7 Å². The maximum atomic E-state index is 11.3. The lowest BCUT2D eigenvalue weighted by atomic mass is 10.2. The second-order valence-corrected chi connectivity index (χ2v) is 4.84. The second kappa shape index (κ2) is 5.79. The molecule has 0 saturated carbocycles. The van der Waals surface area contributed by atoms with Crippen molar-refractivity contribution in [2.75, 3.05) is 6.54 Å². The lowest BCUT2D eigenvalue weighted by molar-refractivity contribution is -0.120. The maximum Gasteiger partial charge on any atom is 0.236 e. The molecule has 6 heteroatoms. The van der Waals surface area contributed by atoms with Crippen molar-refractivity contribution in [3.63, 3.8) is 0 Å².